The van der Waals surface area contributed by atoms with Crippen LogP contribution in [0.2, 0.25) is 0 Å². The number of anilines is 1. The highest BCUT2D eigenvalue weighted by Gasteiger charge is 2.26. The van der Waals surface area contributed by atoms with E-state index in [0.717, 1.165) is 5.56 Å². The number of rotatable bonds is 9. The molecule has 7 N–H and O–H groups in total. The molecule has 1 atom stereocenters. The Bertz CT molecular complexity index is 906. The molecule has 1 unspecified atom stereocenters. The van der Waals surface area contributed by atoms with E-state index in [0.29, 0.717) is 33.5 Å². The average Bonchev–Trinajstić information content (AvgIpc) is 2.64. The molecule has 0 saturated heterocycles. The quantitative estimate of drug-likeness (QED) is 0.272. The number of ether oxygens (including phenoxy) is 1. The minimum absolute atomic E-state index is 0. The lowest BCUT2D eigenvalue weighted by atomic mass is 10.00. The normalized spacial score (nSPS) is 11.1. The van der Waals surface area contributed by atoms with E-state index < -0.39 is 17.9 Å². The predicted molar refractivity (Wildman–Crippen MR) is 117 cm³/mol. The second-order valence-corrected chi connectivity index (χ2v) is 6.91. The van der Waals surface area contributed by atoms with Gasteiger partial charge in [-0.2, -0.15) is 0 Å². The van der Waals surface area contributed by atoms with Gasteiger partial charge in [0, 0.05) is 21.3 Å². The third kappa shape index (κ3) is 6.37. The highest BCUT2D eigenvalue weighted by molar-refractivity contribution is 9.10. The first-order valence-corrected chi connectivity index (χ1v) is 9.19. The number of carboxylic acid groups (broad SMARTS) is 1. The summed E-state index contributed by atoms with van der Waals surface area (Å²) in [5.74, 6) is -1.55. The minimum Gasteiger partial charge on any atom is -0.483 e. The van der Waals surface area contributed by atoms with Gasteiger partial charge in [0.25, 0.3) is 5.91 Å². The standard InChI is InChI=1S/C19H21BrN4O4.ClH/c1-2-10-7-12(20)8-14(17(10)28-9-15(21)25)16(19(26)27)24-13-5-3-11(4-6-13)18(22)23;/h3-8,16,24H,2,9H2,1H3,(H2,21,25)(H3,22,23)(H,26,27);1H. The fraction of sp³-hybridized carbons (Fsp3) is 0.211. The number of nitrogens with one attached hydrogen (secondary N) is 2. The summed E-state index contributed by atoms with van der Waals surface area (Å²) in [6.07, 6.45) is 0.570. The fourth-order valence-electron chi connectivity index (χ4n) is 2.65. The number of aliphatic carboxylic acids is 1. The van der Waals surface area contributed by atoms with Gasteiger partial charge in [0.05, 0.1) is 0 Å². The molecule has 0 aromatic heterocycles. The molecule has 2 rings (SSSR count). The zero-order valence-electron chi connectivity index (χ0n) is 15.6. The second-order valence-electron chi connectivity index (χ2n) is 6.00. The van der Waals surface area contributed by atoms with E-state index in [1.807, 2.05) is 6.92 Å². The molecule has 0 aliphatic carbocycles. The summed E-state index contributed by atoms with van der Waals surface area (Å²) in [6, 6.07) is 8.80. The molecule has 2 aromatic rings. The van der Waals surface area contributed by atoms with Crippen molar-refractivity contribution < 1.29 is 19.4 Å². The number of aryl methyl sites for hydroxylation is 1. The van der Waals surface area contributed by atoms with Crippen LogP contribution in [0.1, 0.15) is 29.7 Å². The van der Waals surface area contributed by atoms with Crippen LogP contribution in [0, 0.1) is 5.41 Å². The van der Waals surface area contributed by atoms with E-state index in [1.165, 1.54) is 0 Å². The molecule has 0 spiro atoms. The SMILES string of the molecule is CCc1cc(Br)cc(C(Nc2ccc(C(=N)N)cc2)C(=O)O)c1OCC(N)=O.Cl. The Morgan fingerprint density at radius 3 is 2.34 bits per heavy atom. The van der Waals surface area contributed by atoms with Crippen molar-refractivity contribution in [2.75, 3.05) is 11.9 Å². The molecule has 10 heteroatoms. The Hall–Kier alpha value is -2.78. The molecular formula is C19H22BrClN4O4. The van der Waals surface area contributed by atoms with Crippen LogP contribution >= 0.6 is 28.3 Å². The third-order valence-electron chi connectivity index (χ3n) is 3.96. The van der Waals surface area contributed by atoms with Gasteiger partial charge in [0.15, 0.2) is 12.6 Å². The summed E-state index contributed by atoms with van der Waals surface area (Å²) in [6.45, 7) is 1.54. The number of hydrogen-bond donors (Lipinski definition) is 5. The van der Waals surface area contributed by atoms with E-state index in [1.54, 1.807) is 36.4 Å². The van der Waals surface area contributed by atoms with Crippen molar-refractivity contribution in [3.63, 3.8) is 0 Å². The average molecular weight is 486 g/mol. The van der Waals surface area contributed by atoms with Crippen molar-refractivity contribution in [3.05, 3.63) is 57.6 Å². The third-order valence-corrected chi connectivity index (χ3v) is 4.42. The van der Waals surface area contributed by atoms with Crippen molar-refractivity contribution >= 4 is 51.7 Å². The van der Waals surface area contributed by atoms with Crippen molar-refractivity contribution in [3.8, 4) is 5.75 Å². The summed E-state index contributed by atoms with van der Waals surface area (Å²) >= 11 is 3.39. The van der Waals surface area contributed by atoms with Gasteiger partial charge in [-0.05, 0) is 48.4 Å². The number of carbonyl (C=O) groups excluding carboxylic acids is 1. The Labute approximate surface area is 182 Å². The molecule has 1 amide bonds. The van der Waals surface area contributed by atoms with Crippen molar-refractivity contribution in [2.45, 2.75) is 19.4 Å². The number of nitrogen functional groups attached to an aromatic ring is 1. The van der Waals surface area contributed by atoms with Gasteiger partial charge < -0.3 is 26.6 Å². The van der Waals surface area contributed by atoms with Gasteiger partial charge >= 0.3 is 5.97 Å². The van der Waals surface area contributed by atoms with Crippen LogP contribution in [0.3, 0.4) is 0 Å². The molecule has 0 fully saturated rings. The van der Waals surface area contributed by atoms with E-state index >= 15 is 0 Å². The molecule has 0 aliphatic heterocycles. The van der Waals surface area contributed by atoms with Crippen molar-refractivity contribution in [1.29, 1.82) is 5.41 Å². The Kier molecular flexibility index (Phi) is 8.93. The number of amidine groups is 1. The molecule has 156 valence electrons. The molecule has 0 bridgehead atoms. The molecule has 0 heterocycles. The number of amides is 1. The number of primary amides is 1. The molecule has 8 nitrogen and oxygen atoms in total. The van der Waals surface area contributed by atoms with Crippen LogP contribution in [0.5, 0.6) is 5.75 Å². The number of hydrogen-bond acceptors (Lipinski definition) is 5. The van der Waals surface area contributed by atoms with Crippen LogP contribution in [-0.4, -0.2) is 29.4 Å². The van der Waals surface area contributed by atoms with Gasteiger partial charge in [-0.25, -0.2) is 4.79 Å². The maximum absolute atomic E-state index is 12.0. The maximum Gasteiger partial charge on any atom is 0.330 e. The predicted octanol–water partition coefficient (Wildman–Crippen LogP) is 2.82. The smallest absolute Gasteiger partial charge is 0.330 e. The highest BCUT2D eigenvalue weighted by atomic mass is 79.9. The van der Waals surface area contributed by atoms with Crippen LogP contribution in [0.4, 0.5) is 5.69 Å². The Morgan fingerprint density at radius 2 is 1.86 bits per heavy atom. The molecule has 2 aromatic carbocycles. The number of halogens is 2. The second kappa shape index (κ2) is 10.7. The van der Waals surface area contributed by atoms with E-state index in [-0.39, 0.29) is 24.8 Å². The lowest BCUT2D eigenvalue weighted by Gasteiger charge is -2.22. The van der Waals surface area contributed by atoms with Crippen LogP contribution in [0.25, 0.3) is 0 Å². The molecular weight excluding hydrogens is 464 g/mol. The molecule has 29 heavy (non-hydrogen) atoms. The number of carboxylic acids is 1. The molecule has 0 aliphatic rings. The Balaban J connectivity index is 0.00000420. The van der Waals surface area contributed by atoms with Gasteiger partial charge in [0.1, 0.15) is 11.6 Å². The zero-order chi connectivity index (χ0) is 20.8. The van der Waals surface area contributed by atoms with Crippen LogP contribution < -0.4 is 21.5 Å². The largest absolute Gasteiger partial charge is 0.483 e. The molecule has 0 saturated carbocycles. The van der Waals surface area contributed by atoms with Crippen LogP contribution in [0.15, 0.2) is 40.9 Å². The maximum atomic E-state index is 12.0. The first-order chi connectivity index (χ1) is 13.2. The van der Waals surface area contributed by atoms with Gasteiger partial charge in [-0.15, -0.1) is 12.4 Å². The monoisotopic (exact) mass is 484 g/mol. The first-order valence-electron chi connectivity index (χ1n) is 8.40. The summed E-state index contributed by atoms with van der Waals surface area (Å²) in [5, 5.41) is 20.2. The lowest BCUT2D eigenvalue weighted by molar-refractivity contribution is -0.138. The summed E-state index contributed by atoms with van der Waals surface area (Å²) in [4.78, 5) is 23.2. The van der Waals surface area contributed by atoms with E-state index in [4.69, 9.17) is 21.6 Å². The van der Waals surface area contributed by atoms with E-state index in [2.05, 4.69) is 21.2 Å². The van der Waals surface area contributed by atoms with Crippen molar-refractivity contribution in [2.24, 2.45) is 11.5 Å². The topological polar surface area (TPSA) is 152 Å². The number of nitrogens with two attached hydrogens (primary N) is 2. The van der Waals surface area contributed by atoms with E-state index in [9.17, 15) is 14.7 Å². The summed E-state index contributed by atoms with van der Waals surface area (Å²) in [5.41, 5.74) is 12.8. The highest BCUT2D eigenvalue weighted by Crippen LogP contribution is 2.35. The van der Waals surface area contributed by atoms with Gasteiger partial charge in [-0.3, -0.25) is 10.2 Å². The van der Waals surface area contributed by atoms with Gasteiger partial charge in [0.2, 0.25) is 0 Å². The Morgan fingerprint density at radius 1 is 1.24 bits per heavy atom. The van der Waals surface area contributed by atoms with Crippen LogP contribution in [-0.2, 0) is 16.0 Å². The number of benzene rings is 2. The minimum atomic E-state index is -1.14. The summed E-state index contributed by atoms with van der Waals surface area (Å²) < 4.78 is 6.24. The summed E-state index contributed by atoms with van der Waals surface area (Å²) in [7, 11) is 0. The fourth-order valence-corrected chi connectivity index (χ4v) is 3.18. The zero-order valence-corrected chi connectivity index (χ0v) is 18.0. The number of carbonyl (C=O) groups is 2. The first kappa shape index (κ1) is 24.3. The van der Waals surface area contributed by atoms with Crippen molar-refractivity contribution in [1.82, 2.24) is 0 Å². The van der Waals surface area contributed by atoms with Gasteiger partial charge in [-0.1, -0.05) is 22.9 Å². The lowest BCUT2D eigenvalue weighted by Crippen LogP contribution is -2.24. The molecule has 0 radical (unpaired) electrons.